The van der Waals surface area contributed by atoms with Crippen LogP contribution in [0, 0.1) is 16.0 Å². The number of rotatable bonds is 7. The van der Waals surface area contributed by atoms with Gasteiger partial charge in [0.1, 0.15) is 0 Å². The van der Waals surface area contributed by atoms with Crippen molar-refractivity contribution < 1.29 is 10.0 Å². The summed E-state index contributed by atoms with van der Waals surface area (Å²) in [5.74, 6) is 0.250. The Morgan fingerprint density at radius 1 is 1.39 bits per heavy atom. The largest absolute Gasteiger partial charge is 0.396 e. The van der Waals surface area contributed by atoms with Crippen LogP contribution in [0.2, 0.25) is 0 Å². The average Bonchev–Trinajstić information content (AvgIpc) is 2.38. The molecule has 0 aliphatic rings. The molecule has 0 aliphatic heterocycles. The molecular formula is C13H20N2O3. The first kappa shape index (κ1) is 14.4. The van der Waals surface area contributed by atoms with Crippen LogP contribution < -0.4 is 5.32 Å². The van der Waals surface area contributed by atoms with Crippen LogP contribution in [0.25, 0.3) is 0 Å². The van der Waals surface area contributed by atoms with E-state index in [1.807, 2.05) is 6.92 Å². The van der Waals surface area contributed by atoms with E-state index in [0.29, 0.717) is 0 Å². The lowest BCUT2D eigenvalue weighted by Gasteiger charge is -2.21. The number of aliphatic hydroxyl groups is 1. The second-order valence-electron chi connectivity index (χ2n) is 4.58. The third kappa shape index (κ3) is 4.33. The maximum absolute atomic E-state index is 10.5. The Kier molecular flexibility index (Phi) is 5.58. The van der Waals surface area contributed by atoms with Gasteiger partial charge < -0.3 is 10.4 Å². The molecule has 0 saturated carbocycles. The van der Waals surface area contributed by atoms with Crippen LogP contribution >= 0.6 is 0 Å². The number of nitro benzene ring substituents is 1. The zero-order valence-electron chi connectivity index (χ0n) is 10.8. The quantitative estimate of drug-likeness (QED) is 0.578. The highest BCUT2D eigenvalue weighted by Crippen LogP contribution is 2.19. The minimum atomic E-state index is -0.408. The van der Waals surface area contributed by atoms with Crippen LogP contribution in [0.4, 0.5) is 11.4 Å². The summed E-state index contributed by atoms with van der Waals surface area (Å²) in [5.41, 5.74) is 0.968. The summed E-state index contributed by atoms with van der Waals surface area (Å²) in [5, 5.41) is 22.9. The van der Waals surface area contributed by atoms with Gasteiger partial charge in [0.25, 0.3) is 5.69 Å². The molecule has 0 fully saturated rings. The van der Waals surface area contributed by atoms with Gasteiger partial charge in [0, 0.05) is 30.5 Å². The Balaban J connectivity index is 2.61. The lowest BCUT2D eigenvalue weighted by molar-refractivity contribution is -0.384. The molecule has 18 heavy (non-hydrogen) atoms. The summed E-state index contributed by atoms with van der Waals surface area (Å²) in [6.07, 6.45) is 1.82. The van der Waals surface area contributed by atoms with E-state index in [9.17, 15) is 10.1 Å². The first-order valence-electron chi connectivity index (χ1n) is 6.18. The molecule has 2 N–H and O–H groups in total. The minimum Gasteiger partial charge on any atom is -0.396 e. The molecular weight excluding hydrogens is 232 g/mol. The van der Waals surface area contributed by atoms with Gasteiger partial charge in [-0.15, -0.1) is 0 Å². The fraction of sp³-hybridized carbons (Fsp3) is 0.538. The molecule has 0 aliphatic carbocycles. The number of non-ortho nitro benzene ring substituents is 1. The standard InChI is InChI=1S/C13H20N2O3/c1-3-11(8-10(2)9-16)14-12-4-6-13(7-5-12)15(17)18/h4-7,10-11,14,16H,3,8-9H2,1-2H3/t10-,11-/m0/s1. The zero-order chi connectivity index (χ0) is 13.5. The van der Waals surface area contributed by atoms with Gasteiger partial charge in [-0.1, -0.05) is 13.8 Å². The predicted octanol–water partition coefficient (Wildman–Crippen LogP) is 2.80. The van der Waals surface area contributed by atoms with E-state index < -0.39 is 4.92 Å². The van der Waals surface area contributed by atoms with Crippen molar-refractivity contribution in [1.29, 1.82) is 0 Å². The SMILES string of the molecule is CC[C@@H](C[C@H](C)CO)Nc1ccc([N+](=O)[O-])cc1. The number of aliphatic hydroxyl groups excluding tert-OH is 1. The molecule has 100 valence electrons. The Morgan fingerprint density at radius 2 is 2.00 bits per heavy atom. The number of nitro groups is 1. The summed E-state index contributed by atoms with van der Waals surface area (Å²) in [6.45, 7) is 4.26. The zero-order valence-corrected chi connectivity index (χ0v) is 10.8. The maximum atomic E-state index is 10.5. The van der Waals surface area contributed by atoms with Crippen molar-refractivity contribution in [2.24, 2.45) is 5.92 Å². The molecule has 0 saturated heterocycles. The van der Waals surface area contributed by atoms with E-state index in [0.717, 1.165) is 18.5 Å². The summed E-state index contributed by atoms with van der Waals surface area (Å²) in [7, 11) is 0. The Morgan fingerprint density at radius 3 is 2.44 bits per heavy atom. The molecule has 5 nitrogen and oxygen atoms in total. The molecule has 0 heterocycles. The molecule has 0 aromatic heterocycles. The van der Waals surface area contributed by atoms with E-state index in [1.54, 1.807) is 12.1 Å². The number of nitrogens with one attached hydrogen (secondary N) is 1. The van der Waals surface area contributed by atoms with Gasteiger partial charge in [-0.25, -0.2) is 0 Å². The second kappa shape index (κ2) is 6.96. The number of anilines is 1. The fourth-order valence-corrected chi connectivity index (χ4v) is 1.80. The van der Waals surface area contributed by atoms with Gasteiger partial charge in [0.15, 0.2) is 0 Å². The van der Waals surface area contributed by atoms with Crippen molar-refractivity contribution in [3.63, 3.8) is 0 Å². The number of nitrogens with zero attached hydrogens (tertiary/aromatic N) is 1. The molecule has 0 spiro atoms. The fourth-order valence-electron chi connectivity index (χ4n) is 1.80. The molecule has 0 radical (unpaired) electrons. The second-order valence-corrected chi connectivity index (χ2v) is 4.58. The van der Waals surface area contributed by atoms with Gasteiger partial charge in [0.05, 0.1) is 4.92 Å². The van der Waals surface area contributed by atoms with Crippen LogP contribution in [0.3, 0.4) is 0 Å². The topological polar surface area (TPSA) is 75.4 Å². The molecule has 0 bridgehead atoms. The first-order valence-corrected chi connectivity index (χ1v) is 6.18. The third-order valence-corrected chi connectivity index (χ3v) is 2.94. The predicted molar refractivity (Wildman–Crippen MR) is 71.7 cm³/mol. The number of hydrogen-bond donors (Lipinski definition) is 2. The van der Waals surface area contributed by atoms with Crippen LogP contribution in [0.5, 0.6) is 0 Å². The molecule has 1 rings (SSSR count). The maximum Gasteiger partial charge on any atom is 0.269 e. The molecule has 5 heteroatoms. The van der Waals surface area contributed by atoms with E-state index in [1.165, 1.54) is 12.1 Å². The van der Waals surface area contributed by atoms with Crippen molar-refractivity contribution in [3.8, 4) is 0 Å². The van der Waals surface area contributed by atoms with Crippen molar-refractivity contribution in [3.05, 3.63) is 34.4 Å². The Hall–Kier alpha value is -1.62. The molecule has 1 aromatic rings. The van der Waals surface area contributed by atoms with E-state index in [-0.39, 0.29) is 24.3 Å². The molecule has 0 amide bonds. The van der Waals surface area contributed by atoms with Crippen LogP contribution in [-0.4, -0.2) is 22.7 Å². The lowest BCUT2D eigenvalue weighted by Crippen LogP contribution is -2.22. The van der Waals surface area contributed by atoms with Gasteiger partial charge in [-0.2, -0.15) is 0 Å². The highest BCUT2D eigenvalue weighted by atomic mass is 16.6. The molecule has 1 aromatic carbocycles. The average molecular weight is 252 g/mol. The summed E-state index contributed by atoms with van der Waals surface area (Å²) < 4.78 is 0. The van der Waals surface area contributed by atoms with Gasteiger partial charge >= 0.3 is 0 Å². The first-order chi connectivity index (χ1) is 8.56. The van der Waals surface area contributed by atoms with Crippen LogP contribution in [0.15, 0.2) is 24.3 Å². The third-order valence-electron chi connectivity index (χ3n) is 2.94. The summed E-state index contributed by atoms with van der Waals surface area (Å²) in [4.78, 5) is 10.1. The van der Waals surface area contributed by atoms with Gasteiger partial charge in [-0.05, 0) is 30.9 Å². The summed E-state index contributed by atoms with van der Waals surface area (Å²) in [6, 6.07) is 6.68. The Bertz CT molecular complexity index is 378. The molecule has 0 unspecified atom stereocenters. The molecule has 2 atom stereocenters. The highest BCUT2D eigenvalue weighted by molar-refractivity contribution is 5.49. The smallest absolute Gasteiger partial charge is 0.269 e. The van der Waals surface area contributed by atoms with Gasteiger partial charge in [0.2, 0.25) is 0 Å². The Labute approximate surface area is 107 Å². The van der Waals surface area contributed by atoms with Crippen molar-refractivity contribution in [2.45, 2.75) is 32.7 Å². The number of benzene rings is 1. The lowest BCUT2D eigenvalue weighted by atomic mass is 10.0. The van der Waals surface area contributed by atoms with Crippen molar-refractivity contribution in [2.75, 3.05) is 11.9 Å². The summed E-state index contributed by atoms with van der Waals surface area (Å²) >= 11 is 0. The highest BCUT2D eigenvalue weighted by Gasteiger charge is 2.11. The normalized spacial score (nSPS) is 13.9. The van der Waals surface area contributed by atoms with Crippen LogP contribution in [-0.2, 0) is 0 Å². The van der Waals surface area contributed by atoms with Crippen LogP contribution in [0.1, 0.15) is 26.7 Å². The van der Waals surface area contributed by atoms with Crippen molar-refractivity contribution in [1.82, 2.24) is 0 Å². The van der Waals surface area contributed by atoms with Crippen molar-refractivity contribution >= 4 is 11.4 Å². The van der Waals surface area contributed by atoms with Gasteiger partial charge in [-0.3, -0.25) is 10.1 Å². The minimum absolute atomic E-state index is 0.0947. The number of hydrogen-bond acceptors (Lipinski definition) is 4. The van der Waals surface area contributed by atoms with E-state index in [4.69, 9.17) is 5.11 Å². The monoisotopic (exact) mass is 252 g/mol. The van der Waals surface area contributed by atoms with E-state index >= 15 is 0 Å². The van der Waals surface area contributed by atoms with E-state index in [2.05, 4.69) is 12.2 Å².